The predicted molar refractivity (Wildman–Crippen MR) is 65.5 cm³/mol. The van der Waals surface area contributed by atoms with Crippen LogP contribution in [0.2, 0.25) is 0 Å². The number of rotatable bonds is 3. The molecule has 15 heavy (non-hydrogen) atoms. The number of Topliss-reactive ketones (excluding diaryl/α,β-unsaturated/α-hetero) is 1. The van der Waals surface area contributed by atoms with Crippen LogP contribution in [0.25, 0.3) is 0 Å². The van der Waals surface area contributed by atoms with Crippen LogP contribution in [-0.2, 0) is 0 Å². The van der Waals surface area contributed by atoms with Crippen molar-refractivity contribution in [1.29, 1.82) is 0 Å². The van der Waals surface area contributed by atoms with Crippen LogP contribution < -0.4 is 0 Å². The molecule has 0 aliphatic heterocycles. The van der Waals surface area contributed by atoms with Gasteiger partial charge in [0, 0.05) is 16.8 Å². The molecule has 1 nitrogen and oxygen atoms in total. The topological polar surface area (TPSA) is 17.1 Å². The summed E-state index contributed by atoms with van der Waals surface area (Å²) in [5, 5.41) is 1.63. The highest BCUT2D eigenvalue weighted by Gasteiger charge is 2.23. The zero-order valence-electron chi connectivity index (χ0n) is 8.61. The maximum Gasteiger partial charge on any atom is 0.165 e. The molecule has 0 atom stereocenters. The molecule has 1 fully saturated rings. The van der Waals surface area contributed by atoms with Gasteiger partial charge in [0.25, 0.3) is 0 Å². The van der Waals surface area contributed by atoms with Crippen molar-refractivity contribution in [3.05, 3.63) is 35.4 Å². The Labute approximate surface area is 95.5 Å². The Morgan fingerprint density at radius 3 is 2.33 bits per heavy atom. The summed E-state index contributed by atoms with van der Waals surface area (Å²) in [6.07, 6.45) is 4.53. The molecule has 2 heteroatoms. The van der Waals surface area contributed by atoms with E-state index in [-0.39, 0.29) is 5.92 Å². The summed E-state index contributed by atoms with van der Waals surface area (Å²) in [5.74, 6) is 0.576. The van der Waals surface area contributed by atoms with Gasteiger partial charge < -0.3 is 0 Å². The molecule has 1 aliphatic carbocycles. The highest BCUT2D eigenvalue weighted by atomic mass is 32.1. The number of carbonyl (C=O) groups excluding carboxylic acids is 1. The Morgan fingerprint density at radius 2 is 1.80 bits per heavy atom. The third-order valence-electron chi connectivity index (χ3n) is 3.06. The quantitative estimate of drug-likeness (QED) is 0.571. The van der Waals surface area contributed by atoms with Gasteiger partial charge in [0.05, 0.1) is 0 Å². The smallest absolute Gasteiger partial charge is 0.165 e. The van der Waals surface area contributed by atoms with Gasteiger partial charge in [0.15, 0.2) is 5.78 Å². The first-order valence-corrected chi connectivity index (χ1v) is 5.88. The van der Waals surface area contributed by atoms with Crippen LogP contribution in [0.15, 0.2) is 24.3 Å². The molecule has 0 N–H and O–H groups in total. The third-order valence-corrected chi connectivity index (χ3v) is 3.33. The van der Waals surface area contributed by atoms with Gasteiger partial charge in [0.2, 0.25) is 0 Å². The number of benzene rings is 1. The van der Waals surface area contributed by atoms with Crippen LogP contribution in [0, 0.1) is 5.92 Å². The van der Waals surface area contributed by atoms with E-state index in [1.807, 2.05) is 24.3 Å². The zero-order chi connectivity index (χ0) is 10.7. The summed E-state index contributed by atoms with van der Waals surface area (Å²) in [6, 6.07) is 7.60. The van der Waals surface area contributed by atoms with E-state index in [9.17, 15) is 4.79 Å². The predicted octanol–water partition coefficient (Wildman–Crippen LogP) is 3.41. The van der Waals surface area contributed by atoms with Crippen LogP contribution in [0.5, 0.6) is 0 Å². The standard InChI is InChI=1S/C13H14OS/c14-13(11-3-1-2-4-11)12-7-5-10(9-15)6-8-12/h5-9,11H,1-4H2. The largest absolute Gasteiger partial charge is 0.294 e. The average molecular weight is 218 g/mol. The summed E-state index contributed by atoms with van der Waals surface area (Å²) in [6.45, 7) is 0. The van der Waals surface area contributed by atoms with Crippen molar-refractivity contribution in [2.75, 3.05) is 0 Å². The summed E-state index contributed by atoms with van der Waals surface area (Å²) >= 11 is 4.82. The molecular weight excluding hydrogens is 204 g/mol. The summed E-state index contributed by atoms with van der Waals surface area (Å²) in [4.78, 5) is 12.0. The Kier molecular flexibility index (Phi) is 3.27. The number of ketones is 1. The first-order valence-electron chi connectivity index (χ1n) is 5.41. The maximum atomic E-state index is 12.0. The van der Waals surface area contributed by atoms with Crippen LogP contribution in [0.1, 0.15) is 41.6 Å². The highest BCUT2D eigenvalue weighted by Crippen LogP contribution is 2.27. The van der Waals surface area contributed by atoms with Crippen LogP contribution >= 0.6 is 12.2 Å². The van der Waals surface area contributed by atoms with Gasteiger partial charge in [-0.1, -0.05) is 49.3 Å². The molecule has 1 saturated carbocycles. The van der Waals surface area contributed by atoms with E-state index in [1.165, 1.54) is 12.8 Å². The zero-order valence-corrected chi connectivity index (χ0v) is 9.43. The van der Waals surface area contributed by atoms with Gasteiger partial charge in [-0.25, -0.2) is 0 Å². The third kappa shape index (κ3) is 2.32. The van der Waals surface area contributed by atoms with Crippen LogP contribution in [0.4, 0.5) is 0 Å². The molecule has 78 valence electrons. The number of hydrogen-bond acceptors (Lipinski definition) is 2. The van der Waals surface area contributed by atoms with E-state index in [1.54, 1.807) is 5.37 Å². The molecule has 1 aliphatic rings. The first-order chi connectivity index (χ1) is 7.31. The molecule has 0 amide bonds. The number of thiocarbonyl (C=S) groups is 1. The molecule has 2 rings (SSSR count). The fourth-order valence-electron chi connectivity index (χ4n) is 2.15. The lowest BCUT2D eigenvalue weighted by Crippen LogP contribution is -2.10. The van der Waals surface area contributed by atoms with E-state index in [2.05, 4.69) is 0 Å². The second kappa shape index (κ2) is 4.67. The maximum absolute atomic E-state index is 12.0. The van der Waals surface area contributed by atoms with Crippen molar-refractivity contribution < 1.29 is 4.79 Å². The molecule has 0 unspecified atom stereocenters. The Morgan fingerprint density at radius 1 is 1.20 bits per heavy atom. The molecule has 0 radical (unpaired) electrons. The Bertz CT molecular complexity index is 361. The first kappa shape index (κ1) is 10.5. The van der Waals surface area contributed by atoms with Crippen LogP contribution in [0.3, 0.4) is 0 Å². The van der Waals surface area contributed by atoms with E-state index < -0.39 is 0 Å². The van der Waals surface area contributed by atoms with E-state index in [0.29, 0.717) is 5.78 Å². The molecule has 0 bridgehead atoms. The Hall–Kier alpha value is -1.02. The van der Waals surface area contributed by atoms with E-state index in [4.69, 9.17) is 12.2 Å². The highest BCUT2D eigenvalue weighted by molar-refractivity contribution is 7.79. The van der Waals surface area contributed by atoms with Crippen molar-refractivity contribution >= 4 is 23.4 Å². The van der Waals surface area contributed by atoms with Crippen molar-refractivity contribution in [3.63, 3.8) is 0 Å². The summed E-state index contributed by atoms with van der Waals surface area (Å²) in [7, 11) is 0. The van der Waals surface area contributed by atoms with E-state index in [0.717, 1.165) is 24.0 Å². The molecule has 0 aromatic heterocycles. The molecule has 0 heterocycles. The second-order valence-electron chi connectivity index (χ2n) is 4.09. The number of hydrogen-bond donors (Lipinski definition) is 0. The normalized spacial score (nSPS) is 16.5. The minimum atomic E-state index is 0.267. The van der Waals surface area contributed by atoms with Gasteiger partial charge in [-0.3, -0.25) is 4.79 Å². The lowest BCUT2D eigenvalue weighted by atomic mass is 9.96. The average Bonchev–Trinajstić information content (AvgIpc) is 2.82. The number of carbonyl (C=O) groups is 1. The lowest BCUT2D eigenvalue weighted by molar-refractivity contribution is 0.0923. The molecule has 1 aromatic rings. The molecular formula is C13H14OS. The van der Waals surface area contributed by atoms with E-state index >= 15 is 0 Å². The molecule has 0 spiro atoms. The van der Waals surface area contributed by atoms with Gasteiger partial charge in [-0.15, -0.1) is 0 Å². The minimum Gasteiger partial charge on any atom is -0.294 e. The Balaban J connectivity index is 2.14. The molecule has 1 aromatic carbocycles. The minimum absolute atomic E-state index is 0.267. The fourth-order valence-corrected chi connectivity index (χ4v) is 2.31. The van der Waals surface area contributed by atoms with Crippen LogP contribution in [-0.4, -0.2) is 11.2 Å². The van der Waals surface area contributed by atoms with Crippen molar-refractivity contribution in [2.45, 2.75) is 25.7 Å². The van der Waals surface area contributed by atoms with Crippen molar-refractivity contribution in [3.8, 4) is 0 Å². The van der Waals surface area contributed by atoms with Crippen molar-refractivity contribution in [1.82, 2.24) is 0 Å². The lowest BCUT2D eigenvalue weighted by Gasteiger charge is -2.07. The second-order valence-corrected chi connectivity index (χ2v) is 4.32. The van der Waals surface area contributed by atoms with Gasteiger partial charge in [-0.2, -0.15) is 0 Å². The van der Waals surface area contributed by atoms with Crippen molar-refractivity contribution in [2.24, 2.45) is 5.92 Å². The van der Waals surface area contributed by atoms with Gasteiger partial charge in [-0.05, 0) is 18.4 Å². The van der Waals surface area contributed by atoms with Gasteiger partial charge in [0.1, 0.15) is 0 Å². The monoisotopic (exact) mass is 218 g/mol. The SMILES string of the molecule is O=C(c1ccc(C=S)cc1)C1CCCC1. The van der Waals surface area contributed by atoms with Gasteiger partial charge >= 0.3 is 0 Å². The molecule has 0 saturated heterocycles. The summed E-state index contributed by atoms with van der Waals surface area (Å²) in [5.41, 5.74) is 1.83. The fraction of sp³-hybridized carbons (Fsp3) is 0.385. The summed E-state index contributed by atoms with van der Waals surface area (Å²) < 4.78 is 0.